The SMILES string of the molecule is CC.CCCCC/C=C\[C@H](C)C(NC(=O)C1CCCN1C)C(=O)NSC1CC1.COCC(C)C/C=C/c1cc2c(O)cc(=O)[nH]c2cc1C.O=CCNC=O. The average Bonchev–Trinajstić information content (AvgIpc) is 3.90. The van der Waals surface area contributed by atoms with E-state index in [9.17, 15) is 29.1 Å². The van der Waals surface area contributed by atoms with E-state index in [-0.39, 0.29) is 41.6 Å². The van der Waals surface area contributed by atoms with Gasteiger partial charge in [-0.2, -0.15) is 0 Å². The van der Waals surface area contributed by atoms with Crippen LogP contribution >= 0.6 is 11.9 Å². The summed E-state index contributed by atoms with van der Waals surface area (Å²) in [5.74, 6) is 0.356. The molecule has 0 bridgehead atoms. The molecule has 1 saturated carbocycles. The molecule has 13 heteroatoms. The van der Waals surface area contributed by atoms with Crippen LogP contribution in [-0.2, 0) is 23.9 Å². The number of carbonyl (C=O) groups is 4. The summed E-state index contributed by atoms with van der Waals surface area (Å²) in [7, 11) is 3.68. The number of aromatic nitrogens is 1. The van der Waals surface area contributed by atoms with Gasteiger partial charge in [0.05, 0.1) is 18.1 Å². The summed E-state index contributed by atoms with van der Waals surface area (Å²) in [6, 6.07) is 4.36. The molecule has 12 nitrogen and oxygen atoms in total. The number of hydrogen-bond acceptors (Lipinski definition) is 9. The lowest BCUT2D eigenvalue weighted by Crippen LogP contribution is -2.53. The van der Waals surface area contributed by atoms with Crippen LogP contribution in [-0.4, -0.2) is 90.7 Å². The van der Waals surface area contributed by atoms with Crippen molar-refractivity contribution in [2.75, 3.05) is 33.9 Å². The number of likely N-dealkylation sites (N-methyl/N-ethyl adjacent to an activating group) is 1. The number of nitrogens with one attached hydrogen (secondary N) is 4. The zero-order valence-corrected chi connectivity index (χ0v) is 35.1. The van der Waals surface area contributed by atoms with Crippen LogP contribution in [0, 0.1) is 18.8 Å². The zero-order valence-electron chi connectivity index (χ0n) is 34.3. The summed E-state index contributed by atoms with van der Waals surface area (Å²) in [4.78, 5) is 60.2. The number of carbonyl (C=O) groups excluding carboxylic acids is 4. The third kappa shape index (κ3) is 19.5. The largest absolute Gasteiger partial charge is 0.507 e. The number of amides is 3. The Morgan fingerprint density at radius 3 is 2.42 bits per heavy atom. The molecule has 1 aliphatic carbocycles. The fourth-order valence-electron chi connectivity index (χ4n) is 5.72. The van der Waals surface area contributed by atoms with E-state index in [2.05, 4.69) is 57.3 Å². The second kappa shape index (κ2) is 28.5. The first-order valence-electron chi connectivity index (χ1n) is 19.7. The number of methoxy groups -OCH3 is 1. The monoisotopic (exact) mass is 785 g/mol. The Hall–Kier alpha value is -3.94. The number of hydrogen-bond donors (Lipinski definition) is 5. The van der Waals surface area contributed by atoms with Crippen molar-refractivity contribution in [1.29, 1.82) is 0 Å². The smallest absolute Gasteiger partial charge is 0.252 e. The quantitative estimate of drug-likeness (QED) is 0.0465. The number of aryl methyl sites for hydroxylation is 1. The molecule has 2 heterocycles. The van der Waals surface area contributed by atoms with Crippen LogP contribution in [0.25, 0.3) is 17.0 Å². The van der Waals surface area contributed by atoms with E-state index in [1.807, 2.05) is 53.0 Å². The van der Waals surface area contributed by atoms with Gasteiger partial charge in [-0.15, -0.1) is 0 Å². The van der Waals surface area contributed by atoms with Crippen LogP contribution in [0.5, 0.6) is 5.75 Å². The number of aromatic amines is 1. The number of nitrogens with zero attached hydrogens (tertiary/aromatic N) is 1. The Kier molecular flexibility index (Phi) is 25.4. The van der Waals surface area contributed by atoms with Gasteiger partial charge < -0.3 is 30.3 Å². The van der Waals surface area contributed by atoms with Crippen molar-refractivity contribution >= 4 is 53.4 Å². The molecule has 2 aromatic rings. The summed E-state index contributed by atoms with van der Waals surface area (Å²) in [6.45, 7) is 14.1. The molecule has 1 aliphatic heterocycles. The highest BCUT2D eigenvalue weighted by Gasteiger charge is 2.33. The van der Waals surface area contributed by atoms with Crippen molar-refractivity contribution in [2.45, 2.75) is 117 Å². The molecule has 1 aromatic heterocycles. The lowest BCUT2D eigenvalue weighted by atomic mass is 9.99. The standard InChI is InChI=1S/C20H35N3O2S.C17H21NO3.C3H5NO2.C2H6/c1-4-5-6-7-8-10-15(2)18(20(25)22-26-16-12-13-16)21-19(24)17-11-9-14-23(17)3;1-11(10-21-3)5-4-6-13-8-14-15(7-12(13)2)18-17(20)9-16(14)19;5-2-1-4-3-6;1-2/h8,10,15-18H,4-7,9,11-14H2,1-3H3,(H,21,24)(H,22,25);4,6-9,11H,5,10H2,1-3H3,(H2,18,19,20);2-3H,1H2,(H,4,6);1-2H3/b10-8-;6-4+;;/t15-,17?,18?;;;/m0.../s1. The Balaban J connectivity index is 0.000000467. The number of benzene rings is 1. The molecule has 308 valence electrons. The fraction of sp³-hybridized carbons (Fsp3) is 0.595. The van der Waals surface area contributed by atoms with E-state index < -0.39 is 6.04 Å². The molecule has 2 aliphatic rings. The Morgan fingerprint density at radius 2 is 1.84 bits per heavy atom. The minimum absolute atomic E-state index is 0.0103. The zero-order chi connectivity index (χ0) is 41.2. The molecule has 3 amide bonds. The van der Waals surface area contributed by atoms with Gasteiger partial charge in [-0.3, -0.25) is 28.8 Å². The van der Waals surface area contributed by atoms with E-state index in [0.29, 0.717) is 34.8 Å². The number of allylic oxidation sites excluding steroid dienone is 2. The first kappa shape index (κ1) is 49.1. The van der Waals surface area contributed by atoms with Crippen LogP contribution in [0.1, 0.15) is 104 Å². The number of aromatic hydroxyl groups is 1. The molecular formula is C42H67N5O7S. The van der Waals surface area contributed by atoms with Crippen LogP contribution in [0.15, 0.2) is 41.2 Å². The summed E-state index contributed by atoms with van der Waals surface area (Å²) in [5, 5.41) is 16.3. The van der Waals surface area contributed by atoms with Crippen LogP contribution < -0.4 is 20.9 Å². The van der Waals surface area contributed by atoms with Gasteiger partial charge >= 0.3 is 0 Å². The maximum absolute atomic E-state index is 12.7. The predicted molar refractivity (Wildman–Crippen MR) is 226 cm³/mol. The van der Waals surface area contributed by atoms with E-state index in [1.54, 1.807) is 7.11 Å². The van der Waals surface area contributed by atoms with Crippen LogP contribution in [0.3, 0.4) is 0 Å². The molecule has 3 unspecified atom stereocenters. The van der Waals surface area contributed by atoms with Crippen LogP contribution in [0.4, 0.5) is 0 Å². The minimum Gasteiger partial charge on any atom is -0.507 e. The maximum atomic E-state index is 12.7. The summed E-state index contributed by atoms with van der Waals surface area (Å²) < 4.78 is 8.07. The highest BCUT2D eigenvalue weighted by Crippen LogP contribution is 2.32. The van der Waals surface area contributed by atoms with Crippen molar-refractivity contribution in [3.63, 3.8) is 0 Å². The van der Waals surface area contributed by atoms with Gasteiger partial charge in [-0.25, -0.2) is 0 Å². The molecule has 1 saturated heterocycles. The third-order valence-corrected chi connectivity index (χ3v) is 10.1. The lowest BCUT2D eigenvalue weighted by molar-refractivity contribution is -0.131. The minimum atomic E-state index is -0.509. The molecule has 4 atom stereocenters. The highest BCUT2D eigenvalue weighted by atomic mass is 32.2. The summed E-state index contributed by atoms with van der Waals surface area (Å²) in [6.07, 6.45) is 19.3. The van der Waals surface area contributed by atoms with E-state index in [0.717, 1.165) is 50.0 Å². The Bertz CT molecular complexity index is 1550. The van der Waals surface area contributed by atoms with Gasteiger partial charge in [0.15, 0.2) is 0 Å². The molecule has 0 spiro atoms. The third-order valence-electron chi connectivity index (χ3n) is 8.97. The predicted octanol–water partition coefficient (Wildman–Crippen LogP) is 6.45. The maximum Gasteiger partial charge on any atom is 0.252 e. The average molecular weight is 786 g/mol. The number of unbranched alkanes of at least 4 members (excludes halogenated alkanes) is 3. The Labute approximate surface area is 332 Å². The number of H-pyrrole nitrogens is 1. The second-order valence-electron chi connectivity index (χ2n) is 13.9. The molecule has 4 rings (SSSR count). The molecule has 5 N–H and O–H groups in total. The van der Waals surface area contributed by atoms with E-state index >= 15 is 0 Å². The van der Waals surface area contributed by atoms with Crippen molar-refractivity contribution in [3.05, 3.63) is 57.9 Å². The van der Waals surface area contributed by atoms with Gasteiger partial charge in [-0.05, 0) is 107 Å². The van der Waals surface area contributed by atoms with E-state index in [4.69, 9.17) is 4.74 Å². The molecule has 2 fully saturated rings. The number of aldehydes is 1. The number of rotatable bonds is 19. The summed E-state index contributed by atoms with van der Waals surface area (Å²) >= 11 is 1.51. The topological polar surface area (TPSA) is 170 Å². The van der Waals surface area contributed by atoms with Gasteiger partial charge in [0.1, 0.15) is 18.1 Å². The second-order valence-corrected chi connectivity index (χ2v) is 15.0. The lowest BCUT2D eigenvalue weighted by Gasteiger charge is -2.26. The molecule has 55 heavy (non-hydrogen) atoms. The first-order valence-corrected chi connectivity index (χ1v) is 20.6. The van der Waals surface area contributed by atoms with Crippen molar-refractivity contribution in [1.82, 2.24) is 25.2 Å². The van der Waals surface area contributed by atoms with Crippen molar-refractivity contribution < 1.29 is 29.0 Å². The molecular weight excluding hydrogens is 719 g/mol. The fourth-order valence-corrected chi connectivity index (χ4v) is 6.50. The van der Waals surface area contributed by atoms with Gasteiger partial charge in [0.2, 0.25) is 12.3 Å². The van der Waals surface area contributed by atoms with Gasteiger partial charge in [0.25, 0.3) is 11.5 Å². The van der Waals surface area contributed by atoms with Gasteiger partial charge in [-0.1, -0.05) is 71.8 Å². The number of pyridine rings is 1. The Morgan fingerprint density at radius 1 is 1.11 bits per heavy atom. The van der Waals surface area contributed by atoms with Crippen molar-refractivity contribution in [3.8, 4) is 5.75 Å². The number of likely N-dealkylation sites (tertiary alicyclic amines) is 1. The summed E-state index contributed by atoms with van der Waals surface area (Å²) in [5.41, 5.74) is 2.45. The normalized spacial score (nSPS) is 16.8. The van der Waals surface area contributed by atoms with Gasteiger partial charge in [0, 0.05) is 36.3 Å². The molecule has 1 aromatic carbocycles. The number of ether oxygens (including phenoxy) is 1. The molecule has 0 radical (unpaired) electrons. The van der Waals surface area contributed by atoms with E-state index in [1.165, 1.54) is 50.1 Å². The first-order chi connectivity index (χ1) is 26.4. The number of fused-ring (bicyclic) bond motifs is 1. The van der Waals surface area contributed by atoms with Crippen LogP contribution in [0.2, 0.25) is 0 Å². The van der Waals surface area contributed by atoms with Crippen molar-refractivity contribution in [2.24, 2.45) is 11.8 Å². The highest BCUT2D eigenvalue weighted by molar-refractivity contribution is 7.98.